The van der Waals surface area contributed by atoms with Gasteiger partial charge in [0.15, 0.2) is 5.60 Å². The zero-order valence-corrected chi connectivity index (χ0v) is 21.4. The van der Waals surface area contributed by atoms with Crippen molar-refractivity contribution in [3.8, 4) is 0 Å². The first-order valence-corrected chi connectivity index (χ1v) is 12.2. The van der Waals surface area contributed by atoms with E-state index in [-0.39, 0.29) is 24.7 Å². The van der Waals surface area contributed by atoms with Crippen molar-refractivity contribution >= 4 is 17.7 Å². The average molecular weight is 479 g/mol. The molecule has 2 N–H and O–H groups in total. The zero-order chi connectivity index (χ0) is 25.6. The van der Waals surface area contributed by atoms with Crippen molar-refractivity contribution < 1.29 is 38.8 Å². The lowest BCUT2D eigenvalue weighted by molar-refractivity contribution is -0.341. The van der Waals surface area contributed by atoms with Gasteiger partial charge in [0, 0.05) is 37.0 Å². The summed E-state index contributed by atoms with van der Waals surface area (Å²) in [6, 6.07) is 0. The second-order valence-electron chi connectivity index (χ2n) is 11.7. The van der Waals surface area contributed by atoms with Crippen LogP contribution in [0.25, 0.3) is 0 Å². The van der Waals surface area contributed by atoms with Crippen LogP contribution in [0, 0.1) is 28.6 Å². The van der Waals surface area contributed by atoms with Crippen LogP contribution >= 0.6 is 0 Å². The minimum atomic E-state index is -1.72. The summed E-state index contributed by atoms with van der Waals surface area (Å²) in [7, 11) is 0. The third kappa shape index (κ3) is 2.97. The van der Waals surface area contributed by atoms with E-state index in [1.54, 1.807) is 6.92 Å². The van der Waals surface area contributed by atoms with E-state index in [1.165, 1.54) is 13.8 Å². The molecule has 8 unspecified atom stereocenters. The Morgan fingerprint density at radius 2 is 1.74 bits per heavy atom. The number of ether oxygens (including phenoxy) is 3. The van der Waals surface area contributed by atoms with Crippen molar-refractivity contribution in [3.05, 3.63) is 11.1 Å². The minimum absolute atomic E-state index is 0.0461. The van der Waals surface area contributed by atoms with E-state index in [1.807, 2.05) is 34.6 Å². The van der Waals surface area contributed by atoms with Crippen LogP contribution < -0.4 is 0 Å². The summed E-state index contributed by atoms with van der Waals surface area (Å²) in [4.78, 5) is 39.2. The normalized spacial score (nSPS) is 47.4. The Hall–Kier alpha value is -1.77. The number of rotatable bonds is 2. The molecule has 0 amide bonds. The fraction of sp³-hybridized carbons (Fsp3) is 0.808. The largest absolute Gasteiger partial charge is 0.459 e. The van der Waals surface area contributed by atoms with Gasteiger partial charge in [-0.05, 0) is 30.4 Å². The Morgan fingerprint density at radius 1 is 1.12 bits per heavy atom. The van der Waals surface area contributed by atoms with Gasteiger partial charge in [-0.25, -0.2) is 0 Å². The Morgan fingerprint density at radius 3 is 2.24 bits per heavy atom. The van der Waals surface area contributed by atoms with Gasteiger partial charge in [-0.3, -0.25) is 14.4 Å². The quantitative estimate of drug-likeness (QED) is 0.459. The van der Waals surface area contributed by atoms with Gasteiger partial charge >= 0.3 is 11.9 Å². The smallest absolute Gasteiger partial charge is 0.303 e. The summed E-state index contributed by atoms with van der Waals surface area (Å²) in [6.07, 6.45) is -2.29. The maximum atomic E-state index is 14.4. The van der Waals surface area contributed by atoms with Gasteiger partial charge in [0.25, 0.3) is 0 Å². The monoisotopic (exact) mass is 478 g/mol. The molecular formula is C26H38O8. The zero-order valence-electron chi connectivity index (χ0n) is 21.4. The predicted octanol–water partition coefficient (Wildman–Crippen LogP) is 2.34. The molecule has 9 atom stereocenters. The molecule has 3 fully saturated rings. The van der Waals surface area contributed by atoms with Crippen molar-refractivity contribution in [2.75, 3.05) is 6.61 Å². The molecule has 2 saturated carbocycles. The van der Waals surface area contributed by atoms with Crippen LogP contribution in [-0.4, -0.2) is 64.1 Å². The third-order valence-electron chi connectivity index (χ3n) is 9.76. The number of hydrogen-bond acceptors (Lipinski definition) is 8. The van der Waals surface area contributed by atoms with Gasteiger partial charge in [0.05, 0.1) is 18.6 Å². The van der Waals surface area contributed by atoms with Gasteiger partial charge in [0.1, 0.15) is 23.6 Å². The van der Waals surface area contributed by atoms with Crippen LogP contribution in [0.1, 0.15) is 68.2 Å². The van der Waals surface area contributed by atoms with Crippen molar-refractivity contribution in [2.24, 2.45) is 28.6 Å². The molecule has 0 radical (unpaired) electrons. The highest BCUT2D eigenvalue weighted by Gasteiger charge is 2.76. The number of ketones is 1. The first kappa shape index (κ1) is 25.3. The van der Waals surface area contributed by atoms with Crippen molar-refractivity contribution in [1.82, 2.24) is 0 Å². The van der Waals surface area contributed by atoms with E-state index in [4.69, 9.17) is 14.2 Å². The fourth-order valence-corrected chi connectivity index (χ4v) is 7.88. The number of fused-ring (bicyclic) bond motifs is 5. The SMILES string of the molecule is CC(=O)OC1C2C3(OC(C)=O)COC3CC(C)[C@@]2(C)C(=O)C(C)C2=C(C)C(O)CC1(O)C2(C)C. The Labute approximate surface area is 201 Å². The number of Topliss-reactive ketones (excluding diaryl/α,β-unsaturated/α-hetero) is 1. The molecule has 1 heterocycles. The summed E-state index contributed by atoms with van der Waals surface area (Å²) in [5.41, 5.74) is -3.71. The number of carbonyl (C=O) groups is 3. The highest BCUT2D eigenvalue weighted by atomic mass is 16.6. The molecule has 3 aliphatic carbocycles. The number of carbonyl (C=O) groups excluding carboxylic acids is 3. The Bertz CT molecular complexity index is 968. The third-order valence-corrected chi connectivity index (χ3v) is 9.76. The molecule has 2 bridgehead atoms. The van der Waals surface area contributed by atoms with Crippen LogP contribution in [0.5, 0.6) is 0 Å². The van der Waals surface area contributed by atoms with Crippen molar-refractivity contribution in [2.45, 2.75) is 97.7 Å². The lowest BCUT2D eigenvalue weighted by Crippen LogP contribution is -2.80. The molecule has 4 aliphatic rings. The van der Waals surface area contributed by atoms with E-state index in [2.05, 4.69) is 0 Å². The first-order valence-electron chi connectivity index (χ1n) is 12.2. The number of aliphatic hydroxyl groups is 2. The standard InChI is InChI=1S/C26H38O8/c1-12-9-18-25(11-32-18,34-16(5)28)20-22(33-15(4)27)26(31)10-17(29)13(2)19(23(26,6)7)14(3)21(30)24(12,20)8/h12,14,17-18,20,22,29,31H,9-11H2,1-8H3/t12?,14?,17?,18?,20?,22?,24-,25?,26?/m1/s1. The second-order valence-corrected chi connectivity index (χ2v) is 11.7. The average Bonchev–Trinajstić information content (AvgIpc) is 2.70. The van der Waals surface area contributed by atoms with Crippen LogP contribution in [0.3, 0.4) is 0 Å². The lowest BCUT2D eigenvalue weighted by atomic mass is 9.42. The van der Waals surface area contributed by atoms with Crippen molar-refractivity contribution in [3.63, 3.8) is 0 Å². The van der Waals surface area contributed by atoms with Crippen LogP contribution in [-0.2, 0) is 28.6 Å². The second kappa shape index (κ2) is 7.61. The molecule has 4 rings (SSSR count). The first-order chi connectivity index (χ1) is 15.6. The summed E-state index contributed by atoms with van der Waals surface area (Å²) >= 11 is 0. The Kier molecular flexibility index (Phi) is 5.67. The minimum Gasteiger partial charge on any atom is -0.459 e. The van der Waals surface area contributed by atoms with Gasteiger partial charge in [-0.2, -0.15) is 0 Å². The van der Waals surface area contributed by atoms with Crippen molar-refractivity contribution in [1.29, 1.82) is 0 Å². The topological polar surface area (TPSA) is 119 Å². The molecular weight excluding hydrogens is 440 g/mol. The molecule has 190 valence electrons. The van der Waals surface area contributed by atoms with E-state index in [0.29, 0.717) is 17.6 Å². The number of hydrogen-bond donors (Lipinski definition) is 2. The molecule has 0 spiro atoms. The van der Waals surface area contributed by atoms with Crippen LogP contribution in [0.4, 0.5) is 0 Å². The lowest BCUT2D eigenvalue weighted by Gasteiger charge is -2.68. The fourth-order valence-electron chi connectivity index (χ4n) is 7.88. The van der Waals surface area contributed by atoms with E-state index < -0.39 is 64.1 Å². The molecule has 0 aromatic carbocycles. The maximum Gasteiger partial charge on any atom is 0.303 e. The molecule has 0 aromatic heterocycles. The van der Waals surface area contributed by atoms with E-state index in [0.717, 1.165) is 0 Å². The summed E-state index contributed by atoms with van der Waals surface area (Å²) < 4.78 is 17.7. The molecule has 0 aromatic rings. The highest BCUT2D eigenvalue weighted by Crippen LogP contribution is 2.65. The van der Waals surface area contributed by atoms with E-state index >= 15 is 0 Å². The van der Waals surface area contributed by atoms with Gasteiger partial charge < -0.3 is 24.4 Å². The molecule has 1 saturated heterocycles. The summed E-state index contributed by atoms with van der Waals surface area (Å²) in [5.74, 6) is -2.87. The molecule has 8 heteroatoms. The van der Waals surface area contributed by atoms with E-state index in [9.17, 15) is 24.6 Å². The number of aliphatic hydroxyl groups excluding tert-OH is 1. The van der Waals surface area contributed by atoms with Gasteiger partial charge in [-0.15, -0.1) is 0 Å². The molecule has 1 aliphatic heterocycles. The molecule has 8 nitrogen and oxygen atoms in total. The van der Waals surface area contributed by atoms with Gasteiger partial charge in [0.2, 0.25) is 0 Å². The maximum absolute atomic E-state index is 14.4. The predicted molar refractivity (Wildman–Crippen MR) is 121 cm³/mol. The van der Waals surface area contributed by atoms with Crippen LogP contribution in [0.2, 0.25) is 0 Å². The van der Waals surface area contributed by atoms with Crippen LogP contribution in [0.15, 0.2) is 11.1 Å². The highest BCUT2D eigenvalue weighted by molar-refractivity contribution is 5.91. The summed E-state index contributed by atoms with van der Waals surface area (Å²) in [6.45, 7) is 13.7. The summed E-state index contributed by atoms with van der Waals surface area (Å²) in [5, 5.41) is 23.5. The Balaban J connectivity index is 2.08. The molecule has 34 heavy (non-hydrogen) atoms. The van der Waals surface area contributed by atoms with Gasteiger partial charge in [-0.1, -0.05) is 34.6 Å². The number of esters is 2.